The molecule has 4 rings (SSSR count). The minimum atomic E-state index is -0.586. The summed E-state index contributed by atoms with van der Waals surface area (Å²) in [6.07, 6.45) is 0. The van der Waals surface area contributed by atoms with Crippen molar-refractivity contribution in [2.24, 2.45) is 0 Å². The Morgan fingerprint density at radius 3 is 2.68 bits per heavy atom. The third-order valence-corrected chi connectivity index (χ3v) is 5.96. The molecule has 0 radical (unpaired) electrons. The molecule has 0 unspecified atom stereocenters. The highest BCUT2D eigenvalue weighted by Gasteiger charge is 2.23. The molecule has 0 fully saturated rings. The molecule has 1 heterocycles. The van der Waals surface area contributed by atoms with Crippen LogP contribution in [-0.2, 0) is 6.54 Å². The number of nitrogens with one attached hydrogen (secondary N) is 2. The molecule has 0 saturated heterocycles. The molecule has 0 atom stereocenters. The minimum Gasteiger partial charge on any atom is -0.507 e. The highest BCUT2D eigenvalue weighted by atomic mass is 35.5. The standard InChI is InChI=1S/C26H26ClN5O5/c1-28-10-11-37-17-7-5-6-16(12-17)15-31(2)25(35)19-13-18(22(33)14-23(19)34)24-29-30-26(36)32(24)21-9-4-3-8-20(21)27/h3-9,12-14,28,33-34H,10-11,15H2,1-2H3,(H,30,36). The van der Waals surface area contributed by atoms with E-state index < -0.39 is 17.3 Å². The van der Waals surface area contributed by atoms with Gasteiger partial charge in [0.05, 0.1) is 21.8 Å². The number of para-hydroxylation sites is 1. The average molecular weight is 524 g/mol. The molecular formula is C26H26ClN5O5. The Balaban J connectivity index is 1.64. The van der Waals surface area contributed by atoms with Crippen molar-refractivity contribution in [1.29, 1.82) is 0 Å². The van der Waals surface area contributed by atoms with E-state index in [1.54, 1.807) is 31.3 Å². The maximum Gasteiger partial charge on any atom is 0.348 e. The molecule has 0 spiro atoms. The van der Waals surface area contributed by atoms with E-state index in [-0.39, 0.29) is 29.2 Å². The molecule has 0 aliphatic rings. The highest BCUT2D eigenvalue weighted by Crippen LogP contribution is 2.35. The van der Waals surface area contributed by atoms with Crippen LogP contribution in [0.15, 0.2) is 65.5 Å². The van der Waals surface area contributed by atoms with Crippen molar-refractivity contribution in [3.8, 4) is 34.3 Å². The van der Waals surface area contributed by atoms with Gasteiger partial charge in [-0.25, -0.2) is 14.5 Å². The number of carbonyl (C=O) groups excluding carboxylic acids is 1. The van der Waals surface area contributed by atoms with Crippen LogP contribution in [0, 0.1) is 0 Å². The maximum absolute atomic E-state index is 13.3. The first kappa shape index (κ1) is 25.8. The van der Waals surface area contributed by atoms with Gasteiger partial charge >= 0.3 is 5.69 Å². The van der Waals surface area contributed by atoms with Gasteiger partial charge in [-0.2, -0.15) is 5.10 Å². The number of phenolic OH excluding ortho intramolecular Hbond substituents is 2. The molecule has 0 bridgehead atoms. The number of ether oxygens (including phenoxy) is 1. The molecule has 4 N–H and O–H groups in total. The Morgan fingerprint density at radius 2 is 1.92 bits per heavy atom. The molecule has 0 aliphatic carbocycles. The van der Waals surface area contributed by atoms with E-state index in [9.17, 15) is 19.8 Å². The van der Waals surface area contributed by atoms with Gasteiger partial charge in [-0.15, -0.1) is 0 Å². The number of aromatic amines is 1. The maximum atomic E-state index is 13.3. The van der Waals surface area contributed by atoms with Crippen LogP contribution < -0.4 is 15.7 Å². The zero-order valence-electron chi connectivity index (χ0n) is 20.2. The quantitative estimate of drug-likeness (QED) is 0.248. The number of rotatable bonds is 9. The summed E-state index contributed by atoms with van der Waals surface area (Å²) in [5.74, 6) is -0.569. The van der Waals surface area contributed by atoms with Gasteiger partial charge in [0, 0.05) is 26.2 Å². The van der Waals surface area contributed by atoms with E-state index in [1.807, 2.05) is 31.3 Å². The molecule has 37 heavy (non-hydrogen) atoms. The smallest absolute Gasteiger partial charge is 0.348 e. The molecule has 192 valence electrons. The predicted molar refractivity (Wildman–Crippen MR) is 140 cm³/mol. The summed E-state index contributed by atoms with van der Waals surface area (Å²) in [6, 6.07) is 16.4. The number of aromatic hydroxyl groups is 2. The fourth-order valence-corrected chi connectivity index (χ4v) is 4.04. The van der Waals surface area contributed by atoms with Crippen LogP contribution in [0.25, 0.3) is 17.1 Å². The lowest BCUT2D eigenvalue weighted by molar-refractivity contribution is 0.0782. The lowest BCUT2D eigenvalue weighted by Gasteiger charge is -2.19. The van der Waals surface area contributed by atoms with Crippen LogP contribution in [0.4, 0.5) is 0 Å². The van der Waals surface area contributed by atoms with E-state index in [4.69, 9.17) is 16.3 Å². The number of hydrogen-bond donors (Lipinski definition) is 4. The van der Waals surface area contributed by atoms with Crippen molar-refractivity contribution in [3.63, 3.8) is 0 Å². The predicted octanol–water partition coefficient (Wildman–Crippen LogP) is 3.16. The monoisotopic (exact) mass is 523 g/mol. The Labute approximate surface area is 217 Å². The third-order valence-electron chi connectivity index (χ3n) is 5.64. The first-order valence-electron chi connectivity index (χ1n) is 11.4. The molecular weight excluding hydrogens is 498 g/mol. The number of hydrogen-bond acceptors (Lipinski definition) is 7. The van der Waals surface area contributed by atoms with E-state index >= 15 is 0 Å². The van der Waals surface area contributed by atoms with Crippen LogP contribution in [-0.4, -0.2) is 63.0 Å². The summed E-state index contributed by atoms with van der Waals surface area (Å²) in [5.41, 5.74) is 0.575. The summed E-state index contributed by atoms with van der Waals surface area (Å²) in [5, 5.41) is 30.8. The van der Waals surface area contributed by atoms with Gasteiger partial charge in [-0.3, -0.25) is 4.79 Å². The van der Waals surface area contributed by atoms with Crippen molar-refractivity contribution >= 4 is 17.5 Å². The fourth-order valence-electron chi connectivity index (χ4n) is 3.82. The molecule has 0 aliphatic heterocycles. The lowest BCUT2D eigenvalue weighted by Crippen LogP contribution is -2.26. The van der Waals surface area contributed by atoms with Gasteiger partial charge in [-0.05, 0) is 42.9 Å². The van der Waals surface area contributed by atoms with Crippen molar-refractivity contribution in [1.82, 2.24) is 25.0 Å². The number of benzene rings is 3. The number of nitrogens with zero attached hydrogens (tertiary/aromatic N) is 3. The zero-order chi connectivity index (χ0) is 26.5. The second-order valence-electron chi connectivity index (χ2n) is 8.29. The number of amides is 1. The average Bonchev–Trinajstić information content (AvgIpc) is 3.25. The van der Waals surface area contributed by atoms with Gasteiger partial charge in [0.15, 0.2) is 5.82 Å². The topological polar surface area (TPSA) is 133 Å². The SMILES string of the molecule is CNCCOc1cccc(CN(C)C(=O)c2cc(-c3n[nH]c(=O)n3-c3ccccc3Cl)c(O)cc2O)c1. The number of H-pyrrole nitrogens is 1. The molecule has 1 amide bonds. The Kier molecular flexibility index (Phi) is 7.80. The third kappa shape index (κ3) is 5.60. The van der Waals surface area contributed by atoms with E-state index in [2.05, 4.69) is 15.5 Å². The summed E-state index contributed by atoms with van der Waals surface area (Å²) in [7, 11) is 3.43. The number of likely N-dealkylation sites (N-methyl/N-ethyl adjacent to an activating group) is 1. The first-order valence-corrected chi connectivity index (χ1v) is 11.8. The largest absolute Gasteiger partial charge is 0.507 e. The molecule has 4 aromatic rings. The van der Waals surface area contributed by atoms with Crippen molar-refractivity contribution < 1.29 is 19.7 Å². The van der Waals surface area contributed by atoms with Crippen molar-refractivity contribution in [3.05, 3.63) is 87.3 Å². The minimum absolute atomic E-state index is 0.0266. The van der Waals surface area contributed by atoms with Crippen LogP contribution in [0.2, 0.25) is 5.02 Å². The summed E-state index contributed by atoms with van der Waals surface area (Å²) < 4.78 is 6.87. The van der Waals surface area contributed by atoms with Gasteiger partial charge < -0.3 is 25.2 Å². The van der Waals surface area contributed by atoms with Gasteiger partial charge in [0.1, 0.15) is 23.9 Å². The first-order chi connectivity index (χ1) is 17.8. The van der Waals surface area contributed by atoms with Gasteiger partial charge in [0.2, 0.25) is 0 Å². The highest BCUT2D eigenvalue weighted by molar-refractivity contribution is 6.32. The Hall–Kier alpha value is -4.28. The second kappa shape index (κ2) is 11.2. The van der Waals surface area contributed by atoms with E-state index in [1.165, 1.54) is 15.5 Å². The summed E-state index contributed by atoms with van der Waals surface area (Å²) >= 11 is 6.28. The fraction of sp³-hybridized carbons (Fsp3) is 0.192. The van der Waals surface area contributed by atoms with Gasteiger partial charge in [0.25, 0.3) is 5.91 Å². The second-order valence-corrected chi connectivity index (χ2v) is 8.69. The number of carbonyl (C=O) groups is 1. The van der Waals surface area contributed by atoms with E-state index in [0.29, 0.717) is 29.6 Å². The van der Waals surface area contributed by atoms with Crippen LogP contribution >= 0.6 is 11.6 Å². The van der Waals surface area contributed by atoms with Crippen LogP contribution in [0.5, 0.6) is 17.2 Å². The Morgan fingerprint density at radius 1 is 1.14 bits per heavy atom. The van der Waals surface area contributed by atoms with Crippen molar-refractivity contribution in [2.75, 3.05) is 27.2 Å². The molecule has 3 aromatic carbocycles. The van der Waals surface area contributed by atoms with Crippen molar-refractivity contribution in [2.45, 2.75) is 6.54 Å². The summed E-state index contributed by atoms with van der Waals surface area (Å²) in [6.45, 7) is 1.45. The van der Waals surface area contributed by atoms with Gasteiger partial charge in [-0.1, -0.05) is 35.9 Å². The Bertz CT molecular complexity index is 1480. The van der Waals surface area contributed by atoms with Crippen LogP contribution in [0.3, 0.4) is 0 Å². The number of phenols is 2. The normalized spacial score (nSPS) is 10.9. The number of aromatic nitrogens is 3. The molecule has 0 saturated carbocycles. The van der Waals surface area contributed by atoms with Crippen LogP contribution in [0.1, 0.15) is 15.9 Å². The number of halogens is 1. The molecule has 1 aromatic heterocycles. The van der Waals surface area contributed by atoms with E-state index in [0.717, 1.165) is 11.6 Å². The molecule has 10 nitrogen and oxygen atoms in total. The lowest BCUT2D eigenvalue weighted by atomic mass is 10.1. The molecule has 11 heteroatoms. The summed E-state index contributed by atoms with van der Waals surface area (Å²) in [4.78, 5) is 27.3. The zero-order valence-corrected chi connectivity index (χ0v) is 21.0.